The Morgan fingerprint density at radius 1 is 0.958 bits per heavy atom. The maximum atomic E-state index is 6.00. The highest BCUT2D eigenvalue weighted by Gasteiger charge is 2.00. The van der Waals surface area contributed by atoms with Gasteiger partial charge in [-0.25, -0.2) is 0 Å². The molecule has 1 N–H and O–H groups in total. The standard InChI is InChI=1S/C20H26ClNO2/c1-15(2)10-12-23-18-6-4-17(5-7-18)22-11-13-24-19-8-9-20(21)16(3)14-19/h4-9,14-15,22H,10-13H2,1-3H3. The van der Waals surface area contributed by atoms with E-state index in [-0.39, 0.29) is 0 Å². The zero-order valence-electron chi connectivity index (χ0n) is 14.6. The number of rotatable bonds is 9. The summed E-state index contributed by atoms with van der Waals surface area (Å²) in [5.41, 5.74) is 2.08. The van der Waals surface area contributed by atoms with E-state index in [1.54, 1.807) is 0 Å². The van der Waals surface area contributed by atoms with Gasteiger partial charge in [-0.1, -0.05) is 25.4 Å². The molecule has 3 nitrogen and oxygen atoms in total. The Morgan fingerprint density at radius 2 is 1.62 bits per heavy atom. The van der Waals surface area contributed by atoms with Gasteiger partial charge in [0.1, 0.15) is 18.1 Å². The molecule has 0 aliphatic rings. The summed E-state index contributed by atoms with van der Waals surface area (Å²) in [6.45, 7) is 8.45. The summed E-state index contributed by atoms with van der Waals surface area (Å²) in [7, 11) is 0. The van der Waals surface area contributed by atoms with Gasteiger partial charge >= 0.3 is 0 Å². The summed E-state index contributed by atoms with van der Waals surface area (Å²) in [4.78, 5) is 0. The van der Waals surface area contributed by atoms with Crippen LogP contribution in [0.4, 0.5) is 5.69 Å². The molecule has 2 aromatic carbocycles. The van der Waals surface area contributed by atoms with Crippen LogP contribution in [0.25, 0.3) is 0 Å². The zero-order chi connectivity index (χ0) is 17.4. The predicted molar refractivity (Wildman–Crippen MR) is 102 cm³/mol. The van der Waals surface area contributed by atoms with Crippen LogP contribution in [0, 0.1) is 12.8 Å². The zero-order valence-corrected chi connectivity index (χ0v) is 15.4. The Bertz CT molecular complexity index is 626. The third-order valence-electron chi connectivity index (χ3n) is 3.65. The molecule has 0 spiro atoms. The first-order valence-electron chi connectivity index (χ1n) is 8.40. The minimum atomic E-state index is 0.591. The van der Waals surface area contributed by atoms with Gasteiger partial charge in [0, 0.05) is 17.3 Å². The molecular weight excluding hydrogens is 322 g/mol. The Labute approximate surface area is 149 Å². The second kappa shape index (κ2) is 9.43. The summed E-state index contributed by atoms with van der Waals surface area (Å²) in [6.07, 6.45) is 1.07. The SMILES string of the molecule is Cc1cc(OCCNc2ccc(OCCC(C)C)cc2)ccc1Cl. The van der Waals surface area contributed by atoms with Gasteiger partial charge < -0.3 is 14.8 Å². The first-order chi connectivity index (χ1) is 11.5. The summed E-state index contributed by atoms with van der Waals surface area (Å²) < 4.78 is 11.4. The van der Waals surface area contributed by atoms with Crippen molar-refractivity contribution >= 4 is 17.3 Å². The Hall–Kier alpha value is -1.87. The normalized spacial score (nSPS) is 10.7. The summed E-state index contributed by atoms with van der Waals surface area (Å²) in [5, 5.41) is 4.10. The van der Waals surface area contributed by atoms with E-state index in [1.807, 2.05) is 49.4 Å². The molecule has 0 saturated carbocycles. The van der Waals surface area contributed by atoms with Crippen molar-refractivity contribution in [2.75, 3.05) is 25.1 Å². The lowest BCUT2D eigenvalue weighted by atomic mass is 10.1. The van der Waals surface area contributed by atoms with Crippen LogP contribution in [-0.4, -0.2) is 19.8 Å². The van der Waals surface area contributed by atoms with Gasteiger partial charge in [0.25, 0.3) is 0 Å². The Morgan fingerprint density at radius 3 is 2.29 bits per heavy atom. The smallest absolute Gasteiger partial charge is 0.119 e. The topological polar surface area (TPSA) is 30.5 Å². The maximum Gasteiger partial charge on any atom is 0.119 e. The fourth-order valence-electron chi connectivity index (χ4n) is 2.15. The minimum Gasteiger partial charge on any atom is -0.494 e. The number of aryl methyl sites for hydroxylation is 1. The molecule has 0 radical (unpaired) electrons. The summed E-state index contributed by atoms with van der Waals surface area (Å²) in [6, 6.07) is 13.7. The molecule has 0 saturated heterocycles. The van der Waals surface area contributed by atoms with Crippen molar-refractivity contribution in [3.63, 3.8) is 0 Å². The highest BCUT2D eigenvalue weighted by atomic mass is 35.5. The largest absolute Gasteiger partial charge is 0.494 e. The van der Waals surface area contributed by atoms with Crippen LogP contribution in [0.15, 0.2) is 42.5 Å². The number of hydrogen-bond acceptors (Lipinski definition) is 3. The summed E-state index contributed by atoms with van der Waals surface area (Å²) >= 11 is 6.00. The second-order valence-electron chi connectivity index (χ2n) is 6.24. The molecule has 2 rings (SSSR count). The quantitative estimate of drug-likeness (QED) is 0.602. The number of nitrogens with one attached hydrogen (secondary N) is 1. The van der Waals surface area contributed by atoms with Gasteiger partial charge in [-0.3, -0.25) is 0 Å². The van der Waals surface area contributed by atoms with Crippen molar-refractivity contribution in [1.82, 2.24) is 0 Å². The molecule has 0 atom stereocenters. The van der Waals surface area contributed by atoms with Crippen molar-refractivity contribution in [3.8, 4) is 11.5 Å². The number of ether oxygens (including phenoxy) is 2. The lowest BCUT2D eigenvalue weighted by Gasteiger charge is -2.11. The van der Waals surface area contributed by atoms with Crippen molar-refractivity contribution in [3.05, 3.63) is 53.1 Å². The molecule has 0 aliphatic carbocycles. The van der Waals surface area contributed by atoms with Crippen molar-refractivity contribution in [2.24, 2.45) is 5.92 Å². The molecule has 2 aromatic rings. The molecule has 130 valence electrons. The molecule has 4 heteroatoms. The van der Waals surface area contributed by atoms with E-state index in [9.17, 15) is 0 Å². The van der Waals surface area contributed by atoms with Crippen LogP contribution < -0.4 is 14.8 Å². The van der Waals surface area contributed by atoms with Crippen LogP contribution in [0.5, 0.6) is 11.5 Å². The first-order valence-corrected chi connectivity index (χ1v) is 8.78. The number of hydrogen-bond donors (Lipinski definition) is 1. The lowest BCUT2D eigenvalue weighted by molar-refractivity contribution is 0.289. The van der Waals surface area contributed by atoms with Crippen molar-refractivity contribution < 1.29 is 9.47 Å². The van der Waals surface area contributed by atoms with Gasteiger partial charge in [-0.2, -0.15) is 0 Å². The highest BCUT2D eigenvalue weighted by Crippen LogP contribution is 2.21. The van der Waals surface area contributed by atoms with E-state index >= 15 is 0 Å². The van der Waals surface area contributed by atoms with Gasteiger partial charge in [0.2, 0.25) is 0 Å². The average Bonchev–Trinajstić information content (AvgIpc) is 2.56. The lowest BCUT2D eigenvalue weighted by Crippen LogP contribution is -2.11. The summed E-state index contributed by atoms with van der Waals surface area (Å²) in [5.74, 6) is 2.41. The molecule has 0 aromatic heterocycles. The van der Waals surface area contributed by atoms with Crippen molar-refractivity contribution in [2.45, 2.75) is 27.2 Å². The van der Waals surface area contributed by atoms with E-state index in [4.69, 9.17) is 21.1 Å². The van der Waals surface area contributed by atoms with E-state index in [2.05, 4.69) is 19.2 Å². The highest BCUT2D eigenvalue weighted by molar-refractivity contribution is 6.31. The van der Waals surface area contributed by atoms with Crippen LogP contribution in [0.1, 0.15) is 25.8 Å². The van der Waals surface area contributed by atoms with Gasteiger partial charge in [0.15, 0.2) is 0 Å². The van der Waals surface area contributed by atoms with E-state index in [0.29, 0.717) is 12.5 Å². The molecule has 0 amide bonds. The fraction of sp³-hybridized carbons (Fsp3) is 0.400. The molecule has 0 heterocycles. The van der Waals surface area contributed by atoms with Gasteiger partial charge in [-0.15, -0.1) is 0 Å². The molecule has 0 aliphatic heterocycles. The molecule has 0 bridgehead atoms. The van der Waals surface area contributed by atoms with Gasteiger partial charge in [0.05, 0.1) is 6.61 Å². The van der Waals surface area contributed by atoms with Crippen LogP contribution in [0.2, 0.25) is 5.02 Å². The van der Waals surface area contributed by atoms with Crippen LogP contribution in [0.3, 0.4) is 0 Å². The number of halogens is 1. The minimum absolute atomic E-state index is 0.591. The third kappa shape index (κ3) is 6.32. The van der Waals surface area contributed by atoms with E-state index in [0.717, 1.165) is 47.3 Å². The fourth-order valence-corrected chi connectivity index (χ4v) is 2.27. The maximum absolute atomic E-state index is 6.00. The first kappa shape index (κ1) is 18.5. The Kier molecular flexibility index (Phi) is 7.26. The third-order valence-corrected chi connectivity index (χ3v) is 4.07. The predicted octanol–water partition coefficient (Wildman–Crippen LogP) is 5.56. The molecular formula is C20H26ClNO2. The second-order valence-corrected chi connectivity index (χ2v) is 6.65. The molecule has 0 fully saturated rings. The van der Waals surface area contributed by atoms with Crippen LogP contribution in [-0.2, 0) is 0 Å². The Balaban J connectivity index is 1.69. The van der Waals surface area contributed by atoms with Crippen LogP contribution >= 0.6 is 11.6 Å². The van der Waals surface area contributed by atoms with E-state index in [1.165, 1.54) is 0 Å². The van der Waals surface area contributed by atoms with Gasteiger partial charge in [-0.05, 0) is 67.3 Å². The molecule has 0 unspecified atom stereocenters. The van der Waals surface area contributed by atoms with E-state index < -0.39 is 0 Å². The van der Waals surface area contributed by atoms with Crippen molar-refractivity contribution in [1.29, 1.82) is 0 Å². The number of anilines is 1. The monoisotopic (exact) mass is 347 g/mol. The molecule has 24 heavy (non-hydrogen) atoms. The number of benzene rings is 2. The average molecular weight is 348 g/mol.